The summed E-state index contributed by atoms with van der Waals surface area (Å²) in [6, 6.07) is 5.93. The van der Waals surface area contributed by atoms with Crippen LogP contribution in [0.25, 0.3) is 10.4 Å². The van der Waals surface area contributed by atoms with Crippen molar-refractivity contribution in [2.24, 2.45) is 0 Å². The van der Waals surface area contributed by atoms with Crippen molar-refractivity contribution in [2.45, 2.75) is 6.92 Å². The molecule has 1 aromatic carbocycles. The number of thiazole rings is 1. The highest BCUT2D eigenvalue weighted by Gasteiger charge is 2.19. The molecule has 0 aliphatic carbocycles. The molecule has 0 saturated carbocycles. The van der Waals surface area contributed by atoms with Gasteiger partial charge in [-0.3, -0.25) is 0 Å². The van der Waals surface area contributed by atoms with Crippen LogP contribution in [0, 0.1) is 6.92 Å². The van der Waals surface area contributed by atoms with Crippen LogP contribution in [0.2, 0.25) is 0 Å². The number of esters is 1. The second kappa shape index (κ2) is 5.50. The maximum absolute atomic E-state index is 11.7. The molecule has 1 heterocycles. The SMILES string of the molecule is COC(=O)c1nc(Br)sc1-c1ccc(C)c(Br)c1. The number of carbonyl (C=O) groups is 1. The van der Waals surface area contributed by atoms with Crippen molar-refractivity contribution >= 4 is 49.2 Å². The standard InChI is InChI=1S/C12H9Br2NO2S/c1-6-3-4-7(5-8(6)13)10-9(11(16)17-2)15-12(14)18-10/h3-5H,1-2H3. The van der Waals surface area contributed by atoms with Crippen LogP contribution in [0.3, 0.4) is 0 Å². The Bertz CT molecular complexity index is 610. The first kappa shape index (κ1) is 13.7. The van der Waals surface area contributed by atoms with Gasteiger partial charge in [-0.2, -0.15) is 0 Å². The fourth-order valence-electron chi connectivity index (χ4n) is 1.46. The lowest BCUT2D eigenvalue weighted by molar-refractivity contribution is 0.0595. The Hall–Kier alpha value is -0.720. The lowest BCUT2D eigenvalue weighted by atomic mass is 10.1. The number of benzene rings is 1. The van der Waals surface area contributed by atoms with Crippen molar-refractivity contribution in [1.29, 1.82) is 0 Å². The summed E-state index contributed by atoms with van der Waals surface area (Å²) < 4.78 is 6.40. The quantitative estimate of drug-likeness (QED) is 0.712. The summed E-state index contributed by atoms with van der Waals surface area (Å²) in [6.07, 6.45) is 0. The molecule has 3 nitrogen and oxygen atoms in total. The zero-order valence-electron chi connectivity index (χ0n) is 9.66. The molecule has 18 heavy (non-hydrogen) atoms. The van der Waals surface area contributed by atoms with Crippen LogP contribution in [0.5, 0.6) is 0 Å². The van der Waals surface area contributed by atoms with E-state index in [1.165, 1.54) is 18.4 Å². The van der Waals surface area contributed by atoms with E-state index in [-0.39, 0.29) is 0 Å². The molecule has 0 aliphatic rings. The third-order valence-corrected chi connectivity index (χ3v) is 4.82. The Kier molecular flexibility index (Phi) is 4.19. The maximum Gasteiger partial charge on any atom is 0.358 e. The molecule has 1 aromatic heterocycles. The number of nitrogens with zero attached hydrogens (tertiary/aromatic N) is 1. The monoisotopic (exact) mass is 389 g/mol. The van der Waals surface area contributed by atoms with Gasteiger partial charge in [0.25, 0.3) is 0 Å². The van der Waals surface area contributed by atoms with Gasteiger partial charge in [0, 0.05) is 4.47 Å². The summed E-state index contributed by atoms with van der Waals surface area (Å²) in [7, 11) is 1.35. The van der Waals surface area contributed by atoms with Crippen molar-refractivity contribution in [1.82, 2.24) is 4.98 Å². The normalized spacial score (nSPS) is 10.4. The molecule has 0 radical (unpaired) electrons. The Balaban J connectivity index is 2.56. The number of methoxy groups -OCH3 is 1. The number of ether oxygens (including phenoxy) is 1. The highest BCUT2D eigenvalue weighted by Crippen LogP contribution is 2.35. The average Bonchev–Trinajstić information content (AvgIpc) is 2.74. The van der Waals surface area contributed by atoms with Gasteiger partial charge in [0.1, 0.15) is 0 Å². The number of carbonyl (C=O) groups excluding carboxylic acids is 1. The minimum atomic E-state index is -0.427. The molecular formula is C12H9Br2NO2S. The highest BCUT2D eigenvalue weighted by atomic mass is 79.9. The average molecular weight is 391 g/mol. The van der Waals surface area contributed by atoms with Gasteiger partial charge in [0.15, 0.2) is 9.61 Å². The van der Waals surface area contributed by atoms with Crippen LogP contribution < -0.4 is 0 Å². The van der Waals surface area contributed by atoms with E-state index in [0.717, 1.165) is 20.5 Å². The Morgan fingerprint density at radius 1 is 1.39 bits per heavy atom. The summed E-state index contributed by atoms with van der Waals surface area (Å²) in [5.41, 5.74) is 2.42. The maximum atomic E-state index is 11.7. The van der Waals surface area contributed by atoms with Crippen molar-refractivity contribution in [3.8, 4) is 10.4 Å². The number of hydrogen-bond donors (Lipinski definition) is 0. The first-order chi connectivity index (χ1) is 8.52. The molecule has 0 bridgehead atoms. The van der Waals surface area contributed by atoms with Crippen LogP contribution in [0.15, 0.2) is 26.6 Å². The van der Waals surface area contributed by atoms with E-state index in [2.05, 4.69) is 36.8 Å². The van der Waals surface area contributed by atoms with E-state index in [9.17, 15) is 4.79 Å². The molecule has 2 rings (SSSR count). The summed E-state index contributed by atoms with van der Waals surface area (Å²) >= 11 is 8.19. The summed E-state index contributed by atoms with van der Waals surface area (Å²) in [4.78, 5) is 16.6. The molecule has 94 valence electrons. The van der Waals surface area contributed by atoms with Crippen LogP contribution in [-0.4, -0.2) is 18.1 Å². The largest absolute Gasteiger partial charge is 0.464 e. The fraction of sp³-hybridized carbons (Fsp3) is 0.167. The van der Waals surface area contributed by atoms with Gasteiger partial charge in [0.2, 0.25) is 0 Å². The molecule has 0 amide bonds. The summed E-state index contributed by atoms with van der Waals surface area (Å²) in [5, 5.41) is 0. The Labute approximate surface area is 125 Å². The van der Waals surface area contributed by atoms with Gasteiger partial charge >= 0.3 is 5.97 Å². The van der Waals surface area contributed by atoms with Crippen molar-refractivity contribution in [3.05, 3.63) is 37.8 Å². The summed E-state index contributed by atoms with van der Waals surface area (Å²) in [5.74, 6) is -0.427. The third kappa shape index (κ3) is 2.65. The topological polar surface area (TPSA) is 39.2 Å². The Morgan fingerprint density at radius 2 is 2.11 bits per heavy atom. The molecule has 0 saturated heterocycles. The van der Waals surface area contributed by atoms with E-state index in [0.29, 0.717) is 9.61 Å². The van der Waals surface area contributed by atoms with E-state index >= 15 is 0 Å². The zero-order valence-corrected chi connectivity index (χ0v) is 13.6. The Morgan fingerprint density at radius 3 is 2.72 bits per heavy atom. The summed E-state index contributed by atoms with van der Waals surface area (Å²) in [6.45, 7) is 2.01. The second-order valence-electron chi connectivity index (χ2n) is 3.60. The minimum absolute atomic E-state index is 0.338. The van der Waals surface area contributed by atoms with Gasteiger partial charge < -0.3 is 4.74 Å². The number of hydrogen-bond acceptors (Lipinski definition) is 4. The molecule has 0 N–H and O–H groups in total. The second-order valence-corrected chi connectivity index (χ2v) is 6.73. The number of halogens is 2. The first-order valence-corrected chi connectivity index (χ1v) is 7.44. The van der Waals surface area contributed by atoms with E-state index in [1.54, 1.807) is 0 Å². The third-order valence-electron chi connectivity index (χ3n) is 2.41. The lowest BCUT2D eigenvalue weighted by Gasteiger charge is -2.03. The molecule has 0 unspecified atom stereocenters. The molecule has 0 spiro atoms. The zero-order chi connectivity index (χ0) is 13.3. The van der Waals surface area contributed by atoms with Crippen molar-refractivity contribution in [2.75, 3.05) is 7.11 Å². The van der Waals surface area contributed by atoms with Crippen LogP contribution >= 0.6 is 43.2 Å². The predicted octanol–water partition coefficient (Wildman–Crippen LogP) is 4.43. The van der Waals surface area contributed by atoms with Crippen LogP contribution in [-0.2, 0) is 4.74 Å². The van der Waals surface area contributed by atoms with Gasteiger partial charge in [0.05, 0.1) is 12.0 Å². The highest BCUT2D eigenvalue weighted by molar-refractivity contribution is 9.11. The van der Waals surface area contributed by atoms with E-state index in [1.807, 2.05) is 25.1 Å². The predicted molar refractivity (Wildman–Crippen MR) is 79.0 cm³/mol. The molecule has 2 aromatic rings. The van der Waals surface area contributed by atoms with Crippen LogP contribution in [0.1, 0.15) is 16.1 Å². The van der Waals surface area contributed by atoms with E-state index in [4.69, 9.17) is 4.74 Å². The smallest absolute Gasteiger partial charge is 0.358 e. The fourth-order valence-corrected chi connectivity index (χ4v) is 3.28. The van der Waals surface area contributed by atoms with Crippen molar-refractivity contribution in [3.63, 3.8) is 0 Å². The van der Waals surface area contributed by atoms with Gasteiger partial charge in [-0.15, -0.1) is 11.3 Å². The minimum Gasteiger partial charge on any atom is -0.464 e. The molecule has 0 fully saturated rings. The van der Waals surface area contributed by atoms with Gasteiger partial charge in [-0.1, -0.05) is 28.1 Å². The van der Waals surface area contributed by atoms with Gasteiger partial charge in [-0.05, 0) is 40.0 Å². The molecular weight excluding hydrogens is 382 g/mol. The van der Waals surface area contributed by atoms with Gasteiger partial charge in [-0.25, -0.2) is 9.78 Å². The van der Waals surface area contributed by atoms with Crippen LogP contribution in [0.4, 0.5) is 0 Å². The number of aromatic nitrogens is 1. The first-order valence-electron chi connectivity index (χ1n) is 5.04. The number of aryl methyl sites for hydroxylation is 1. The lowest BCUT2D eigenvalue weighted by Crippen LogP contribution is -2.03. The molecule has 6 heteroatoms. The number of rotatable bonds is 2. The molecule has 0 aliphatic heterocycles. The molecule has 0 atom stereocenters. The van der Waals surface area contributed by atoms with Crippen molar-refractivity contribution < 1.29 is 9.53 Å². The van der Waals surface area contributed by atoms with E-state index < -0.39 is 5.97 Å².